The zero-order valence-electron chi connectivity index (χ0n) is 15.7. The maximum Gasteiger partial charge on any atom is 0.328 e. The maximum absolute atomic E-state index is 12.4. The molecule has 9 N–H and O–H groups in total. The van der Waals surface area contributed by atoms with Gasteiger partial charge < -0.3 is 42.1 Å². The van der Waals surface area contributed by atoms with Gasteiger partial charge in [-0.15, -0.1) is 0 Å². The summed E-state index contributed by atoms with van der Waals surface area (Å²) in [5.74, 6) is -6.21. The highest BCUT2D eigenvalue weighted by Crippen LogP contribution is 2.02. The molecule has 0 aliphatic heterocycles. The number of carboxylic acid groups (broad SMARTS) is 2. The van der Waals surface area contributed by atoms with Crippen LogP contribution in [-0.4, -0.2) is 92.2 Å². The van der Waals surface area contributed by atoms with Gasteiger partial charge in [-0.3, -0.25) is 19.2 Å². The number of nitrogens with one attached hydrogen (secondary N) is 3. The van der Waals surface area contributed by atoms with Gasteiger partial charge >= 0.3 is 11.9 Å². The smallest absolute Gasteiger partial charge is 0.328 e. The zero-order valence-corrected chi connectivity index (χ0v) is 16.6. The highest BCUT2D eigenvalue weighted by atomic mass is 32.1. The molecule has 0 aromatic rings. The Kier molecular flexibility index (Phi) is 11.2. The number of nitrogens with two attached hydrogens (primary N) is 1. The Balaban J connectivity index is 5.41. The van der Waals surface area contributed by atoms with Gasteiger partial charge in [0.25, 0.3) is 0 Å². The van der Waals surface area contributed by atoms with Crippen molar-refractivity contribution in [1.82, 2.24) is 16.0 Å². The lowest BCUT2D eigenvalue weighted by molar-refractivity contribution is -0.146. The van der Waals surface area contributed by atoms with Crippen molar-refractivity contribution in [1.29, 1.82) is 0 Å². The number of rotatable bonds is 12. The maximum atomic E-state index is 12.4. The lowest BCUT2D eigenvalue weighted by atomic mass is 10.1. The summed E-state index contributed by atoms with van der Waals surface area (Å²) in [5.41, 5.74) is 5.45. The third-order valence-electron chi connectivity index (χ3n) is 3.65. The summed E-state index contributed by atoms with van der Waals surface area (Å²) in [5, 5.41) is 43.2. The first-order chi connectivity index (χ1) is 13.3. The SMILES string of the molecule is CC(O)C(NC(=O)C(NC(=O)C(CC(=O)O)NC(=O)C(N)CS)C(C)O)C(=O)O. The van der Waals surface area contributed by atoms with E-state index in [4.69, 9.17) is 15.9 Å². The van der Waals surface area contributed by atoms with Crippen LogP contribution in [0.3, 0.4) is 0 Å². The number of amides is 3. The van der Waals surface area contributed by atoms with Crippen LogP contribution < -0.4 is 21.7 Å². The van der Waals surface area contributed by atoms with Gasteiger partial charge in [-0.1, -0.05) is 0 Å². The predicted molar refractivity (Wildman–Crippen MR) is 101 cm³/mol. The van der Waals surface area contributed by atoms with E-state index >= 15 is 0 Å². The van der Waals surface area contributed by atoms with Gasteiger partial charge in [0.15, 0.2) is 6.04 Å². The largest absolute Gasteiger partial charge is 0.481 e. The number of carboxylic acids is 2. The van der Waals surface area contributed by atoms with Gasteiger partial charge in [0.1, 0.15) is 12.1 Å². The number of aliphatic hydroxyl groups excluding tert-OH is 2. The summed E-state index contributed by atoms with van der Waals surface area (Å²) >= 11 is 3.82. The zero-order chi connectivity index (χ0) is 22.9. The van der Waals surface area contributed by atoms with Crippen molar-refractivity contribution in [3.8, 4) is 0 Å². The number of aliphatic hydroxyl groups is 2. The molecule has 0 spiro atoms. The molecular weight excluding hydrogens is 412 g/mol. The standard InChI is InChI=1S/C15H26N4O9S/c1-5(20)10(14(26)19-11(6(2)21)15(27)28)18-13(25)8(3-9(22)23)17-12(24)7(16)4-29/h5-8,10-11,20-21,29H,3-4,16H2,1-2H3,(H,17,24)(H,18,25)(H,19,26)(H,22,23)(H,27,28). The first-order valence-electron chi connectivity index (χ1n) is 8.40. The molecule has 0 aromatic heterocycles. The van der Waals surface area contributed by atoms with Gasteiger partial charge in [-0.05, 0) is 13.8 Å². The van der Waals surface area contributed by atoms with Crippen molar-refractivity contribution in [3.05, 3.63) is 0 Å². The lowest BCUT2D eigenvalue weighted by Gasteiger charge is -2.26. The highest BCUT2D eigenvalue weighted by Gasteiger charge is 2.34. The minimum absolute atomic E-state index is 0.0815. The Morgan fingerprint density at radius 1 is 0.862 bits per heavy atom. The summed E-state index contributed by atoms with van der Waals surface area (Å²) in [6, 6.07) is -6.17. The van der Waals surface area contributed by atoms with Crippen molar-refractivity contribution < 1.29 is 44.4 Å². The van der Waals surface area contributed by atoms with E-state index in [1.807, 2.05) is 5.32 Å². The Bertz CT molecular complexity index is 629. The van der Waals surface area contributed by atoms with E-state index in [2.05, 4.69) is 23.3 Å². The van der Waals surface area contributed by atoms with Crippen LogP contribution in [0.1, 0.15) is 20.3 Å². The number of carbonyl (C=O) groups excluding carboxylic acids is 3. The molecular formula is C15H26N4O9S. The number of hydrogen-bond donors (Lipinski definition) is 9. The minimum atomic E-state index is -1.72. The first kappa shape index (κ1) is 26.6. The van der Waals surface area contributed by atoms with E-state index in [9.17, 15) is 34.2 Å². The Morgan fingerprint density at radius 3 is 1.72 bits per heavy atom. The summed E-state index contributed by atoms with van der Waals surface area (Å²) in [4.78, 5) is 58.6. The van der Waals surface area contributed by atoms with Crippen LogP contribution in [0.4, 0.5) is 0 Å². The molecule has 0 saturated heterocycles. The van der Waals surface area contributed by atoms with Crippen LogP contribution in [0.15, 0.2) is 0 Å². The average molecular weight is 438 g/mol. The van der Waals surface area contributed by atoms with Gasteiger partial charge in [-0.25, -0.2) is 4.79 Å². The molecule has 0 heterocycles. The first-order valence-corrected chi connectivity index (χ1v) is 9.03. The third-order valence-corrected chi connectivity index (χ3v) is 4.05. The fraction of sp³-hybridized carbons (Fsp3) is 0.667. The topological polar surface area (TPSA) is 228 Å². The number of thiol groups is 1. The number of aliphatic carboxylic acids is 2. The van der Waals surface area contributed by atoms with E-state index in [1.54, 1.807) is 0 Å². The molecule has 14 heteroatoms. The molecule has 166 valence electrons. The molecule has 29 heavy (non-hydrogen) atoms. The van der Waals surface area contributed by atoms with Crippen molar-refractivity contribution >= 4 is 42.3 Å². The van der Waals surface area contributed by atoms with E-state index in [-0.39, 0.29) is 5.75 Å². The molecule has 0 saturated carbocycles. The second kappa shape index (κ2) is 12.2. The van der Waals surface area contributed by atoms with Crippen molar-refractivity contribution in [2.24, 2.45) is 5.73 Å². The van der Waals surface area contributed by atoms with E-state index in [1.165, 1.54) is 0 Å². The van der Waals surface area contributed by atoms with Crippen molar-refractivity contribution in [3.63, 3.8) is 0 Å². The molecule has 0 bridgehead atoms. The fourth-order valence-electron chi connectivity index (χ4n) is 2.04. The van der Waals surface area contributed by atoms with Gasteiger partial charge in [0.05, 0.1) is 24.7 Å². The quantitative estimate of drug-likeness (QED) is 0.134. The molecule has 0 aliphatic rings. The second-order valence-electron chi connectivity index (χ2n) is 6.24. The Hall–Kier alpha value is -2.42. The van der Waals surface area contributed by atoms with Crippen molar-refractivity contribution in [2.75, 3.05) is 5.75 Å². The summed E-state index contributed by atoms with van der Waals surface area (Å²) in [7, 11) is 0. The van der Waals surface area contributed by atoms with Crippen LogP contribution in [0.5, 0.6) is 0 Å². The molecule has 3 amide bonds. The lowest BCUT2D eigenvalue weighted by Crippen LogP contribution is -2.61. The Morgan fingerprint density at radius 2 is 1.34 bits per heavy atom. The molecule has 6 unspecified atom stereocenters. The minimum Gasteiger partial charge on any atom is -0.481 e. The third kappa shape index (κ3) is 9.08. The van der Waals surface area contributed by atoms with E-state index in [0.29, 0.717) is 0 Å². The molecule has 0 fully saturated rings. The van der Waals surface area contributed by atoms with Crippen LogP contribution in [-0.2, 0) is 24.0 Å². The average Bonchev–Trinajstić information content (AvgIpc) is 2.60. The van der Waals surface area contributed by atoms with Crippen LogP contribution in [0.25, 0.3) is 0 Å². The van der Waals surface area contributed by atoms with Gasteiger partial charge in [0.2, 0.25) is 17.7 Å². The summed E-state index contributed by atoms with van der Waals surface area (Å²) in [6.45, 7) is 2.22. The van der Waals surface area contributed by atoms with Gasteiger partial charge in [0, 0.05) is 5.75 Å². The second-order valence-corrected chi connectivity index (χ2v) is 6.61. The van der Waals surface area contributed by atoms with E-state index < -0.39 is 72.5 Å². The predicted octanol–water partition coefficient (Wildman–Crippen LogP) is -3.98. The van der Waals surface area contributed by atoms with Crippen molar-refractivity contribution in [2.45, 2.75) is 56.6 Å². The molecule has 0 rings (SSSR count). The monoisotopic (exact) mass is 438 g/mol. The Labute approximate surface area is 171 Å². The molecule has 0 radical (unpaired) electrons. The van der Waals surface area contributed by atoms with Crippen LogP contribution >= 0.6 is 12.6 Å². The molecule has 6 atom stereocenters. The van der Waals surface area contributed by atoms with Crippen LogP contribution in [0.2, 0.25) is 0 Å². The summed E-state index contributed by atoms with van der Waals surface area (Å²) in [6.07, 6.45) is -3.86. The van der Waals surface area contributed by atoms with E-state index in [0.717, 1.165) is 13.8 Å². The fourth-order valence-corrected chi connectivity index (χ4v) is 2.20. The van der Waals surface area contributed by atoms with Gasteiger partial charge in [-0.2, -0.15) is 12.6 Å². The number of carbonyl (C=O) groups is 5. The highest BCUT2D eigenvalue weighted by molar-refractivity contribution is 7.80. The molecule has 13 nitrogen and oxygen atoms in total. The molecule has 0 aliphatic carbocycles. The van der Waals surface area contributed by atoms with Crippen LogP contribution in [0, 0.1) is 0 Å². The number of hydrogen-bond acceptors (Lipinski definition) is 9. The summed E-state index contributed by atoms with van der Waals surface area (Å²) < 4.78 is 0. The normalized spacial score (nSPS) is 17.0. The molecule has 0 aromatic carbocycles.